The molecule has 1 heteroatoms. The molecule has 0 aromatic heterocycles. The predicted molar refractivity (Wildman–Crippen MR) is 51.0 cm³/mol. The van der Waals surface area contributed by atoms with E-state index in [0.29, 0.717) is 23.5 Å². The van der Waals surface area contributed by atoms with Gasteiger partial charge >= 0.3 is 0 Å². The Bertz CT molecular complexity index is 160. The largest absolute Gasteiger partial charge is 0.299 e. The molecular weight excluding hydrogens is 148 g/mol. The van der Waals surface area contributed by atoms with Gasteiger partial charge in [0.2, 0.25) is 0 Å². The highest BCUT2D eigenvalue weighted by Gasteiger charge is 2.33. The Morgan fingerprint density at radius 3 is 2.58 bits per heavy atom. The molecule has 0 aromatic carbocycles. The third-order valence-electron chi connectivity index (χ3n) is 3.19. The minimum Gasteiger partial charge on any atom is -0.299 e. The van der Waals surface area contributed by atoms with Crippen molar-refractivity contribution in [3.8, 4) is 0 Å². The van der Waals surface area contributed by atoms with E-state index in [0.717, 1.165) is 12.8 Å². The minimum atomic E-state index is 0.398. The van der Waals surface area contributed by atoms with Gasteiger partial charge in [-0.25, -0.2) is 0 Å². The number of hydrogen-bond acceptors (Lipinski definition) is 1. The van der Waals surface area contributed by atoms with E-state index in [9.17, 15) is 4.79 Å². The van der Waals surface area contributed by atoms with Gasteiger partial charge in [-0.2, -0.15) is 0 Å². The van der Waals surface area contributed by atoms with Crippen LogP contribution in [0.15, 0.2) is 0 Å². The van der Waals surface area contributed by atoms with Crippen LogP contribution in [0.5, 0.6) is 0 Å². The lowest BCUT2D eigenvalue weighted by Gasteiger charge is -2.21. The maximum atomic E-state index is 11.5. The first-order valence-corrected chi connectivity index (χ1v) is 5.19. The van der Waals surface area contributed by atoms with Crippen LogP contribution in [0.2, 0.25) is 0 Å². The summed E-state index contributed by atoms with van der Waals surface area (Å²) in [5.41, 5.74) is 0. The van der Waals surface area contributed by atoms with Crippen LogP contribution in [0.3, 0.4) is 0 Å². The lowest BCUT2D eigenvalue weighted by atomic mass is 9.83. The number of rotatable bonds is 3. The average molecular weight is 168 g/mol. The molecule has 1 nitrogen and oxygen atoms in total. The fourth-order valence-corrected chi connectivity index (χ4v) is 2.45. The lowest BCUT2D eigenvalue weighted by Crippen LogP contribution is -2.21. The molecule has 70 valence electrons. The molecule has 0 radical (unpaired) electrons. The lowest BCUT2D eigenvalue weighted by molar-refractivity contribution is -0.124. The van der Waals surface area contributed by atoms with Crippen LogP contribution in [0, 0.1) is 17.8 Å². The molecular formula is C11H20O. The van der Waals surface area contributed by atoms with Gasteiger partial charge in [-0.1, -0.05) is 27.2 Å². The molecule has 1 aliphatic carbocycles. The number of hydrogen-bond donors (Lipinski definition) is 0. The van der Waals surface area contributed by atoms with Crippen molar-refractivity contribution >= 4 is 5.78 Å². The third kappa shape index (κ3) is 1.88. The standard InChI is InChI=1S/C11H20O/c1-4-11(12)10-7-5-6-9(10)8(2)3/h8-10H,4-7H2,1-3H3. The van der Waals surface area contributed by atoms with E-state index in [2.05, 4.69) is 13.8 Å². The monoisotopic (exact) mass is 168 g/mol. The number of Topliss-reactive ketones (excluding diaryl/α,β-unsaturated/α-hetero) is 1. The molecule has 0 aromatic rings. The fourth-order valence-electron chi connectivity index (χ4n) is 2.45. The highest BCUT2D eigenvalue weighted by Crippen LogP contribution is 2.37. The van der Waals surface area contributed by atoms with Crippen molar-refractivity contribution in [2.75, 3.05) is 0 Å². The Labute approximate surface area is 75.5 Å². The highest BCUT2D eigenvalue weighted by atomic mass is 16.1. The summed E-state index contributed by atoms with van der Waals surface area (Å²) in [6.45, 7) is 6.47. The molecule has 0 N–H and O–H groups in total. The first kappa shape index (κ1) is 9.76. The molecule has 0 saturated heterocycles. The zero-order valence-electron chi connectivity index (χ0n) is 8.47. The molecule has 0 heterocycles. The van der Waals surface area contributed by atoms with Gasteiger partial charge < -0.3 is 0 Å². The van der Waals surface area contributed by atoms with Crippen LogP contribution < -0.4 is 0 Å². The van der Waals surface area contributed by atoms with Crippen LogP contribution >= 0.6 is 0 Å². The Morgan fingerprint density at radius 1 is 1.42 bits per heavy atom. The van der Waals surface area contributed by atoms with Crippen LogP contribution in [0.1, 0.15) is 46.5 Å². The van der Waals surface area contributed by atoms with Gasteiger partial charge in [0.1, 0.15) is 5.78 Å². The van der Waals surface area contributed by atoms with Crippen molar-refractivity contribution in [2.45, 2.75) is 46.5 Å². The van der Waals surface area contributed by atoms with Crippen LogP contribution in [-0.2, 0) is 4.79 Å². The first-order valence-electron chi connectivity index (χ1n) is 5.19. The van der Waals surface area contributed by atoms with E-state index in [1.54, 1.807) is 0 Å². The van der Waals surface area contributed by atoms with E-state index in [4.69, 9.17) is 0 Å². The molecule has 1 rings (SSSR count). The van der Waals surface area contributed by atoms with Crippen LogP contribution in [0.25, 0.3) is 0 Å². The molecule has 0 amide bonds. The van der Waals surface area contributed by atoms with E-state index in [-0.39, 0.29) is 0 Å². The summed E-state index contributed by atoms with van der Waals surface area (Å²) in [5.74, 6) is 2.26. The maximum Gasteiger partial charge on any atom is 0.135 e. The summed E-state index contributed by atoms with van der Waals surface area (Å²) < 4.78 is 0. The quantitative estimate of drug-likeness (QED) is 0.633. The summed E-state index contributed by atoms with van der Waals surface area (Å²) in [6, 6.07) is 0. The van der Waals surface area contributed by atoms with E-state index in [1.807, 2.05) is 6.92 Å². The van der Waals surface area contributed by atoms with Crippen molar-refractivity contribution < 1.29 is 4.79 Å². The summed E-state index contributed by atoms with van der Waals surface area (Å²) in [5, 5.41) is 0. The highest BCUT2D eigenvalue weighted by molar-refractivity contribution is 5.81. The Balaban J connectivity index is 2.57. The molecule has 12 heavy (non-hydrogen) atoms. The third-order valence-corrected chi connectivity index (χ3v) is 3.19. The Morgan fingerprint density at radius 2 is 2.08 bits per heavy atom. The summed E-state index contributed by atoms with van der Waals surface area (Å²) in [6.07, 6.45) is 4.41. The summed E-state index contributed by atoms with van der Waals surface area (Å²) >= 11 is 0. The number of ketones is 1. The van der Waals surface area contributed by atoms with E-state index in [1.165, 1.54) is 12.8 Å². The molecule has 0 bridgehead atoms. The van der Waals surface area contributed by atoms with Gasteiger partial charge in [-0.15, -0.1) is 0 Å². The van der Waals surface area contributed by atoms with Gasteiger partial charge in [-0.3, -0.25) is 4.79 Å². The molecule has 0 aliphatic heterocycles. The normalized spacial score (nSPS) is 29.7. The first-order chi connectivity index (χ1) is 5.66. The maximum absolute atomic E-state index is 11.5. The van der Waals surface area contributed by atoms with Crippen molar-refractivity contribution in [2.24, 2.45) is 17.8 Å². The predicted octanol–water partition coefficient (Wildman–Crippen LogP) is 3.04. The van der Waals surface area contributed by atoms with Crippen LogP contribution in [-0.4, -0.2) is 5.78 Å². The SMILES string of the molecule is CCC(=O)C1CCCC1C(C)C. The van der Waals surface area contributed by atoms with Crippen molar-refractivity contribution in [3.05, 3.63) is 0 Å². The zero-order valence-corrected chi connectivity index (χ0v) is 8.47. The molecule has 0 spiro atoms. The average Bonchev–Trinajstić information content (AvgIpc) is 2.50. The second kappa shape index (κ2) is 4.06. The molecule has 2 unspecified atom stereocenters. The summed E-state index contributed by atoms with van der Waals surface area (Å²) in [4.78, 5) is 11.5. The molecule has 1 saturated carbocycles. The van der Waals surface area contributed by atoms with Crippen molar-refractivity contribution in [1.82, 2.24) is 0 Å². The fraction of sp³-hybridized carbons (Fsp3) is 0.909. The topological polar surface area (TPSA) is 17.1 Å². The second-order valence-electron chi connectivity index (χ2n) is 4.27. The van der Waals surface area contributed by atoms with Gasteiger partial charge in [0, 0.05) is 12.3 Å². The van der Waals surface area contributed by atoms with Gasteiger partial charge in [0.05, 0.1) is 0 Å². The van der Waals surface area contributed by atoms with Gasteiger partial charge in [0.25, 0.3) is 0 Å². The van der Waals surface area contributed by atoms with Gasteiger partial charge in [0.15, 0.2) is 0 Å². The molecule has 1 fully saturated rings. The smallest absolute Gasteiger partial charge is 0.135 e. The van der Waals surface area contributed by atoms with Gasteiger partial charge in [-0.05, 0) is 24.7 Å². The molecule has 1 aliphatic rings. The zero-order chi connectivity index (χ0) is 9.14. The Hall–Kier alpha value is -0.330. The summed E-state index contributed by atoms with van der Waals surface area (Å²) in [7, 11) is 0. The van der Waals surface area contributed by atoms with Crippen molar-refractivity contribution in [1.29, 1.82) is 0 Å². The molecule has 2 atom stereocenters. The second-order valence-corrected chi connectivity index (χ2v) is 4.27. The number of carbonyl (C=O) groups excluding carboxylic acids is 1. The van der Waals surface area contributed by atoms with Crippen molar-refractivity contribution in [3.63, 3.8) is 0 Å². The minimum absolute atomic E-state index is 0.398. The van der Waals surface area contributed by atoms with E-state index < -0.39 is 0 Å². The van der Waals surface area contributed by atoms with Crippen LogP contribution in [0.4, 0.5) is 0 Å². The van der Waals surface area contributed by atoms with E-state index >= 15 is 0 Å². The number of carbonyl (C=O) groups is 1. The Kier molecular flexibility index (Phi) is 3.30.